The minimum absolute atomic E-state index is 0.0821. The molecule has 2 aromatic heterocycles. The molecule has 0 saturated heterocycles. The molecule has 3 aromatic rings. The van der Waals surface area contributed by atoms with Gasteiger partial charge in [-0.05, 0) is 37.1 Å². The van der Waals surface area contributed by atoms with Crippen LogP contribution in [-0.4, -0.2) is 36.5 Å². The van der Waals surface area contributed by atoms with Gasteiger partial charge in [0.1, 0.15) is 12.2 Å². The maximum Gasteiger partial charge on any atom is 0.253 e. The molecular formula is C17H17ClN6O. The number of hydrogen-bond acceptors (Lipinski definition) is 4. The molecule has 0 radical (unpaired) electrons. The third-order valence-corrected chi connectivity index (χ3v) is 4.76. The van der Waals surface area contributed by atoms with Gasteiger partial charge in [-0.3, -0.25) is 4.79 Å². The van der Waals surface area contributed by atoms with Gasteiger partial charge < -0.3 is 9.88 Å². The Bertz CT molecular complexity index is 866. The summed E-state index contributed by atoms with van der Waals surface area (Å²) in [5, 5.41) is 15.8. The second-order valence-electron chi connectivity index (χ2n) is 6.05. The molecular weight excluding hydrogens is 340 g/mol. The van der Waals surface area contributed by atoms with Gasteiger partial charge in [0, 0.05) is 31.4 Å². The Morgan fingerprint density at radius 3 is 3.08 bits per heavy atom. The zero-order valence-electron chi connectivity index (χ0n) is 13.5. The Morgan fingerprint density at radius 1 is 1.32 bits per heavy atom. The first-order valence-electron chi connectivity index (χ1n) is 8.18. The lowest BCUT2D eigenvalue weighted by Crippen LogP contribution is -2.35. The van der Waals surface area contributed by atoms with Crippen LogP contribution in [0.1, 0.15) is 29.0 Å². The lowest BCUT2D eigenvalue weighted by molar-refractivity contribution is 0.0933. The molecule has 0 saturated carbocycles. The van der Waals surface area contributed by atoms with Crippen LogP contribution in [0.3, 0.4) is 0 Å². The summed E-state index contributed by atoms with van der Waals surface area (Å²) in [5.41, 5.74) is 1.25. The number of fused-ring (bicyclic) bond motifs is 1. The van der Waals surface area contributed by atoms with Gasteiger partial charge in [0.2, 0.25) is 0 Å². The maximum absolute atomic E-state index is 12.7. The number of aryl methyl sites for hydroxylation is 2. The summed E-state index contributed by atoms with van der Waals surface area (Å²) in [7, 11) is 0. The van der Waals surface area contributed by atoms with Crippen LogP contribution in [0.15, 0.2) is 43.0 Å². The third kappa shape index (κ3) is 3.28. The summed E-state index contributed by atoms with van der Waals surface area (Å²) < 4.78 is 3.74. The summed E-state index contributed by atoms with van der Waals surface area (Å²) in [5.74, 6) is 0.803. The van der Waals surface area contributed by atoms with Crippen LogP contribution in [0, 0.1) is 0 Å². The lowest BCUT2D eigenvalue weighted by Gasteiger charge is -2.17. The number of benzene rings is 1. The number of rotatable bonds is 3. The van der Waals surface area contributed by atoms with E-state index >= 15 is 0 Å². The summed E-state index contributed by atoms with van der Waals surface area (Å²) in [4.78, 5) is 12.7. The van der Waals surface area contributed by atoms with E-state index in [1.165, 1.54) is 0 Å². The predicted molar refractivity (Wildman–Crippen MR) is 92.8 cm³/mol. The van der Waals surface area contributed by atoms with Crippen molar-refractivity contribution in [2.24, 2.45) is 0 Å². The number of amides is 1. The molecule has 0 aliphatic carbocycles. The number of halogens is 1. The van der Waals surface area contributed by atoms with Gasteiger partial charge in [-0.2, -0.15) is 5.10 Å². The van der Waals surface area contributed by atoms with Crippen molar-refractivity contribution >= 4 is 17.5 Å². The highest BCUT2D eigenvalue weighted by Crippen LogP contribution is 2.21. The van der Waals surface area contributed by atoms with Crippen molar-refractivity contribution in [3.8, 4) is 5.69 Å². The molecule has 1 aliphatic rings. The molecule has 1 atom stereocenters. The Labute approximate surface area is 149 Å². The maximum atomic E-state index is 12.7. The van der Waals surface area contributed by atoms with Crippen molar-refractivity contribution < 1.29 is 4.79 Å². The van der Waals surface area contributed by atoms with Gasteiger partial charge in [-0.15, -0.1) is 10.2 Å². The zero-order valence-corrected chi connectivity index (χ0v) is 14.2. The number of aromatic nitrogens is 5. The van der Waals surface area contributed by atoms with Gasteiger partial charge in [-0.25, -0.2) is 4.68 Å². The molecule has 8 heteroatoms. The first-order chi connectivity index (χ1) is 12.2. The average Bonchev–Trinajstić information content (AvgIpc) is 3.26. The van der Waals surface area contributed by atoms with Crippen LogP contribution in [0.4, 0.5) is 0 Å². The molecule has 1 unspecified atom stereocenters. The molecule has 0 spiro atoms. The molecule has 25 heavy (non-hydrogen) atoms. The molecule has 3 heterocycles. The van der Waals surface area contributed by atoms with Gasteiger partial charge in [-0.1, -0.05) is 11.6 Å². The van der Waals surface area contributed by atoms with E-state index in [-0.39, 0.29) is 11.9 Å². The second kappa shape index (κ2) is 6.68. The van der Waals surface area contributed by atoms with Crippen molar-refractivity contribution in [3.63, 3.8) is 0 Å². The highest BCUT2D eigenvalue weighted by Gasteiger charge is 2.20. The van der Waals surface area contributed by atoms with E-state index < -0.39 is 0 Å². The highest BCUT2D eigenvalue weighted by atomic mass is 35.5. The lowest BCUT2D eigenvalue weighted by atomic mass is 10.1. The van der Waals surface area contributed by atoms with Crippen LogP contribution in [0.25, 0.3) is 5.69 Å². The molecule has 1 N–H and O–H groups in total. The Kier molecular flexibility index (Phi) is 4.23. The number of carbonyl (C=O) groups excluding carboxylic acids is 1. The number of nitrogens with one attached hydrogen (secondary N) is 1. The summed E-state index contributed by atoms with van der Waals surface area (Å²) in [6.45, 7) is 0.800. The molecule has 0 bridgehead atoms. The van der Waals surface area contributed by atoms with Crippen molar-refractivity contribution in [3.05, 3.63) is 59.4 Å². The van der Waals surface area contributed by atoms with Crippen molar-refractivity contribution in [2.75, 3.05) is 0 Å². The fraction of sp³-hybridized carbons (Fsp3) is 0.294. The van der Waals surface area contributed by atoms with E-state index in [1.807, 2.05) is 22.9 Å². The van der Waals surface area contributed by atoms with Crippen molar-refractivity contribution in [1.82, 2.24) is 29.9 Å². The molecule has 7 nitrogen and oxygen atoms in total. The largest absolute Gasteiger partial charge is 0.349 e. The number of carbonyl (C=O) groups is 1. The normalized spacial score (nSPS) is 16.9. The van der Waals surface area contributed by atoms with Crippen molar-refractivity contribution in [2.45, 2.75) is 31.8 Å². The molecule has 1 amide bonds. The number of nitrogens with zero attached hydrogens (tertiary/aromatic N) is 5. The third-order valence-electron chi connectivity index (χ3n) is 4.43. The van der Waals surface area contributed by atoms with Gasteiger partial charge >= 0.3 is 0 Å². The van der Waals surface area contributed by atoms with E-state index in [4.69, 9.17) is 11.6 Å². The molecule has 1 aromatic carbocycles. The van der Waals surface area contributed by atoms with Crippen LogP contribution < -0.4 is 5.32 Å². The SMILES string of the molecule is O=C(NC1CCc2nncn2CC1)c1cc(-n2cccn2)ccc1Cl. The minimum Gasteiger partial charge on any atom is -0.349 e. The number of hydrogen-bond donors (Lipinski definition) is 1. The van der Waals surface area contributed by atoms with Gasteiger partial charge in [0.05, 0.1) is 16.3 Å². The van der Waals surface area contributed by atoms with Crippen LogP contribution in [0.2, 0.25) is 5.02 Å². The first-order valence-corrected chi connectivity index (χ1v) is 8.55. The quantitative estimate of drug-likeness (QED) is 0.780. The summed E-state index contributed by atoms with van der Waals surface area (Å²) in [6.07, 6.45) is 7.73. The molecule has 128 valence electrons. The topological polar surface area (TPSA) is 77.6 Å². The second-order valence-corrected chi connectivity index (χ2v) is 6.46. The van der Waals surface area contributed by atoms with Gasteiger partial charge in [0.15, 0.2) is 0 Å². The fourth-order valence-electron chi connectivity index (χ4n) is 3.06. The van der Waals surface area contributed by atoms with Crippen LogP contribution >= 0.6 is 11.6 Å². The van der Waals surface area contributed by atoms with Crippen molar-refractivity contribution in [1.29, 1.82) is 0 Å². The Balaban J connectivity index is 1.49. The van der Waals surface area contributed by atoms with Gasteiger partial charge in [0.25, 0.3) is 5.91 Å². The summed E-state index contributed by atoms with van der Waals surface area (Å²) >= 11 is 6.25. The smallest absolute Gasteiger partial charge is 0.253 e. The fourth-order valence-corrected chi connectivity index (χ4v) is 3.26. The minimum atomic E-state index is -0.165. The molecule has 1 aliphatic heterocycles. The average molecular weight is 357 g/mol. The van der Waals surface area contributed by atoms with E-state index in [0.29, 0.717) is 10.6 Å². The monoisotopic (exact) mass is 356 g/mol. The zero-order chi connectivity index (χ0) is 17.2. The summed E-state index contributed by atoms with van der Waals surface area (Å²) in [6, 6.07) is 7.23. The van der Waals surface area contributed by atoms with E-state index in [2.05, 4.69) is 20.6 Å². The van der Waals surface area contributed by atoms with Crippen LogP contribution in [0.5, 0.6) is 0 Å². The van der Waals surface area contributed by atoms with E-state index in [9.17, 15) is 4.79 Å². The molecule has 4 rings (SSSR count). The first kappa shape index (κ1) is 15.8. The highest BCUT2D eigenvalue weighted by molar-refractivity contribution is 6.33. The Hall–Kier alpha value is -2.67. The predicted octanol–water partition coefficient (Wildman–Crippen LogP) is 2.25. The van der Waals surface area contributed by atoms with E-state index in [1.54, 1.807) is 29.3 Å². The Morgan fingerprint density at radius 2 is 2.24 bits per heavy atom. The molecule has 0 fully saturated rings. The standard InChI is InChI=1S/C17H17ClN6O/c18-15-4-3-13(24-8-1-7-20-24)10-14(15)17(25)21-12-2-5-16-22-19-11-23(16)9-6-12/h1,3-4,7-8,10-12H,2,5-6,9H2,(H,21,25). The van der Waals surface area contributed by atoms with E-state index in [0.717, 1.165) is 37.3 Å². The van der Waals surface area contributed by atoms with Crippen LogP contribution in [-0.2, 0) is 13.0 Å².